The van der Waals surface area contributed by atoms with E-state index in [9.17, 15) is 9.59 Å². The Hall–Kier alpha value is -2.95. The van der Waals surface area contributed by atoms with Crippen LogP contribution in [0.2, 0.25) is 0 Å². The van der Waals surface area contributed by atoms with Crippen LogP contribution in [-0.2, 0) is 9.59 Å². The molecule has 2 N–H and O–H groups in total. The van der Waals surface area contributed by atoms with Crippen LogP contribution in [0.3, 0.4) is 0 Å². The molecule has 2 aromatic rings. The summed E-state index contributed by atoms with van der Waals surface area (Å²) in [7, 11) is 0. The molecule has 1 aliphatic rings. The third kappa shape index (κ3) is 2.53. The van der Waals surface area contributed by atoms with E-state index in [2.05, 4.69) is 15.6 Å². The van der Waals surface area contributed by atoms with Gasteiger partial charge in [0.2, 0.25) is 12.6 Å². The molecule has 104 valence electrons. The lowest BCUT2D eigenvalue weighted by Gasteiger charge is -2.11. The number of anilines is 1. The summed E-state index contributed by atoms with van der Waals surface area (Å²) in [6.07, 6.45) is 1.19. The molecule has 0 radical (unpaired) electrons. The molecule has 2 aromatic carbocycles. The molecule has 0 aliphatic carbocycles. The highest BCUT2D eigenvalue weighted by molar-refractivity contribution is 6.07. The SMILES string of the molecule is O=CNC1N=Cc2c(cccc2-c2ccccc2)NC1=O. The third-order valence-corrected chi connectivity index (χ3v) is 3.28. The number of benzene rings is 2. The van der Waals surface area contributed by atoms with Crippen molar-refractivity contribution in [2.24, 2.45) is 4.99 Å². The maximum absolute atomic E-state index is 12.0. The van der Waals surface area contributed by atoms with Gasteiger partial charge in [-0.1, -0.05) is 42.5 Å². The number of nitrogens with one attached hydrogen (secondary N) is 2. The molecule has 1 atom stereocenters. The fourth-order valence-electron chi connectivity index (χ4n) is 2.28. The summed E-state index contributed by atoms with van der Waals surface area (Å²) in [5.74, 6) is -0.359. The van der Waals surface area contributed by atoms with Crippen LogP contribution in [-0.4, -0.2) is 24.7 Å². The second kappa shape index (κ2) is 5.58. The maximum atomic E-state index is 12.0. The molecule has 0 aromatic heterocycles. The van der Waals surface area contributed by atoms with E-state index in [4.69, 9.17) is 0 Å². The summed E-state index contributed by atoms with van der Waals surface area (Å²) in [5, 5.41) is 5.16. The highest BCUT2D eigenvalue weighted by atomic mass is 16.2. The van der Waals surface area contributed by atoms with Gasteiger partial charge in [-0.25, -0.2) is 0 Å². The van der Waals surface area contributed by atoms with Gasteiger partial charge in [-0.2, -0.15) is 0 Å². The molecule has 1 heterocycles. The average Bonchev–Trinajstić information content (AvgIpc) is 2.68. The number of hydrogen-bond donors (Lipinski definition) is 2. The van der Waals surface area contributed by atoms with Gasteiger partial charge < -0.3 is 10.6 Å². The molecule has 0 fully saturated rings. The van der Waals surface area contributed by atoms with Gasteiger partial charge in [0, 0.05) is 11.8 Å². The number of aliphatic imine (C=N–C) groups is 1. The van der Waals surface area contributed by atoms with Gasteiger partial charge in [0.15, 0.2) is 0 Å². The first-order valence-electron chi connectivity index (χ1n) is 6.52. The van der Waals surface area contributed by atoms with Gasteiger partial charge in [0.25, 0.3) is 5.91 Å². The molecule has 0 saturated carbocycles. The lowest BCUT2D eigenvalue weighted by Crippen LogP contribution is -2.37. The van der Waals surface area contributed by atoms with E-state index in [0.29, 0.717) is 12.1 Å². The number of fused-ring (bicyclic) bond motifs is 1. The van der Waals surface area contributed by atoms with Gasteiger partial charge in [0.1, 0.15) is 0 Å². The van der Waals surface area contributed by atoms with Crippen molar-refractivity contribution in [2.45, 2.75) is 6.17 Å². The predicted molar refractivity (Wildman–Crippen MR) is 81.1 cm³/mol. The topological polar surface area (TPSA) is 70.6 Å². The molecule has 1 aliphatic heterocycles. The van der Waals surface area contributed by atoms with Crippen molar-refractivity contribution in [1.82, 2.24) is 5.32 Å². The highest BCUT2D eigenvalue weighted by Gasteiger charge is 2.21. The maximum Gasteiger partial charge on any atom is 0.269 e. The molecule has 2 amide bonds. The summed E-state index contributed by atoms with van der Waals surface area (Å²) in [4.78, 5) is 26.6. The summed E-state index contributed by atoms with van der Waals surface area (Å²) >= 11 is 0. The van der Waals surface area contributed by atoms with E-state index in [1.807, 2.05) is 48.5 Å². The van der Waals surface area contributed by atoms with Crippen LogP contribution in [0.5, 0.6) is 0 Å². The van der Waals surface area contributed by atoms with Crippen LogP contribution in [0, 0.1) is 0 Å². The smallest absolute Gasteiger partial charge is 0.269 e. The minimum atomic E-state index is -0.904. The van der Waals surface area contributed by atoms with Crippen molar-refractivity contribution in [3.63, 3.8) is 0 Å². The zero-order valence-electron chi connectivity index (χ0n) is 11.1. The lowest BCUT2D eigenvalue weighted by atomic mass is 9.99. The van der Waals surface area contributed by atoms with E-state index in [1.165, 1.54) is 0 Å². The molecule has 0 saturated heterocycles. The number of benzodiazepines with no additional fused rings is 1. The number of amides is 2. The Bertz CT molecular complexity index is 711. The Morgan fingerprint density at radius 1 is 1.10 bits per heavy atom. The van der Waals surface area contributed by atoms with Gasteiger partial charge in [-0.15, -0.1) is 0 Å². The molecule has 0 bridgehead atoms. The van der Waals surface area contributed by atoms with E-state index in [-0.39, 0.29) is 5.91 Å². The van der Waals surface area contributed by atoms with Crippen molar-refractivity contribution in [2.75, 3.05) is 5.32 Å². The second-order valence-electron chi connectivity index (χ2n) is 4.59. The monoisotopic (exact) mass is 279 g/mol. The van der Waals surface area contributed by atoms with Gasteiger partial charge >= 0.3 is 0 Å². The number of rotatable bonds is 3. The average molecular weight is 279 g/mol. The van der Waals surface area contributed by atoms with Gasteiger partial charge in [0.05, 0.1) is 5.69 Å². The first-order chi connectivity index (χ1) is 10.3. The van der Waals surface area contributed by atoms with Crippen LogP contribution < -0.4 is 10.6 Å². The van der Waals surface area contributed by atoms with Crippen molar-refractivity contribution in [1.29, 1.82) is 0 Å². The minimum Gasteiger partial charge on any atom is -0.329 e. The van der Waals surface area contributed by atoms with Crippen molar-refractivity contribution < 1.29 is 9.59 Å². The van der Waals surface area contributed by atoms with Gasteiger partial charge in [-0.05, 0) is 17.2 Å². The Kier molecular flexibility index (Phi) is 3.47. The highest BCUT2D eigenvalue weighted by Crippen LogP contribution is 2.29. The zero-order valence-corrected chi connectivity index (χ0v) is 11.1. The van der Waals surface area contributed by atoms with Crippen LogP contribution >= 0.6 is 0 Å². The van der Waals surface area contributed by atoms with Crippen molar-refractivity contribution >= 4 is 24.2 Å². The summed E-state index contributed by atoms with van der Waals surface area (Å²) < 4.78 is 0. The standard InChI is InChI=1S/C16H13N3O2/c20-10-18-15-16(21)19-14-8-4-7-12(13(14)9-17-15)11-5-2-1-3-6-11/h1-10,15H,(H,18,20)(H,19,21). The van der Waals surface area contributed by atoms with Crippen molar-refractivity contribution in [3.8, 4) is 11.1 Å². The van der Waals surface area contributed by atoms with Crippen LogP contribution in [0.1, 0.15) is 5.56 Å². The number of nitrogens with zero attached hydrogens (tertiary/aromatic N) is 1. The molecule has 1 unspecified atom stereocenters. The molecular formula is C16H13N3O2. The van der Waals surface area contributed by atoms with E-state index >= 15 is 0 Å². The minimum absolute atomic E-state index is 0.359. The van der Waals surface area contributed by atoms with Crippen molar-refractivity contribution in [3.05, 3.63) is 54.1 Å². The van der Waals surface area contributed by atoms with Crippen LogP contribution in [0.15, 0.2) is 53.5 Å². The quantitative estimate of drug-likeness (QED) is 0.841. The number of carbonyl (C=O) groups excluding carboxylic acids is 2. The summed E-state index contributed by atoms with van der Waals surface area (Å²) in [5.41, 5.74) is 3.52. The molecule has 21 heavy (non-hydrogen) atoms. The fraction of sp³-hybridized carbons (Fsp3) is 0.0625. The Morgan fingerprint density at radius 2 is 1.90 bits per heavy atom. The molecule has 5 heteroatoms. The van der Waals surface area contributed by atoms with Crippen LogP contribution in [0.4, 0.5) is 5.69 Å². The fourth-order valence-corrected chi connectivity index (χ4v) is 2.28. The molecular weight excluding hydrogens is 266 g/mol. The molecule has 3 rings (SSSR count). The second-order valence-corrected chi connectivity index (χ2v) is 4.59. The molecule has 5 nitrogen and oxygen atoms in total. The summed E-state index contributed by atoms with van der Waals surface area (Å²) in [6.45, 7) is 0. The van der Waals surface area contributed by atoms with E-state index in [1.54, 1.807) is 6.21 Å². The number of hydrogen-bond acceptors (Lipinski definition) is 3. The number of carbonyl (C=O) groups is 2. The lowest BCUT2D eigenvalue weighted by molar-refractivity contribution is -0.120. The normalized spacial score (nSPS) is 16.6. The van der Waals surface area contributed by atoms with Crippen LogP contribution in [0.25, 0.3) is 11.1 Å². The van der Waals surface area contributed by atoms with E-state index < -0.39 is 6.17 Å². The first-order valence-corrected chi connectivity index (χ1v) is 6.52. The Balaban J connectivity index is 2.09. The summed E-state index contributed by atoms with van der Waals surface area (Å²) in [6, 6.07) is 15.5. The molecule has 0 spiro atoms. The third-order valence-electron chi connectivity index (χ3n) is 3.28. The Morgan fingerprint density at radius 3 is 2.67 bits per heavy atom. The van der Waals surface area contributed by atoms with Gasteiger partial charge in [-0.3, -0.25) is 14.6 Å². The first kappa shape index (κ1) is 13.1. The largest absolute Gasteiger partial charge is 0.329 e. The predicted octanol–water partition coefficient (Wildman–Crippen LogP) is 1.80. The zero-order chi connectivity index (χ0) is 14.7. The Labute approximate surface area is 121 Å². The van der Waals surface area contributed by atoms with E-state index in [0.717, 1.165) is 16.7 Å².